The van der Waals surface area contributed by atoms with Crippen molar-refractivity contribution >= 4 is 0 Å². The van der Waals surface area contributed by atoms with E-state index in [1.54, 1.807) is 0 Å². The van der Waals surface area contributed by atoms with E-state index in [9.17, 15) is 5.11 Å². The molecule has 1 N–H and O–H groups in total. The summed E-state index contributed by atoms with van der Waals surface area (Å²) in [5, 5.41) is 10.1. The summed E-state index contributed by atoms with van der Waals surface area (Å²) in [6.07, 6.45) is 7.84. The van der Waals surface area contributed by atoms with Crippen molar-refractivity contribution < 1.29 is 5.11 Å². The first-order chi connectivity index (χ1) is 7.52. The van der Waals surface area contributed by atoms with Gasteiger partial charge in [-0.15, -0.1) is 0 Å². The molecule has 0 aromatic carbocycles. The van der Waals surface area contributed by atoms with Crippen molar-refractivity contribution in [2.24, 2.45) is 0 Å². The molecule has 1 aliphatic carbocycles. The molecule has 0 aromatic rings. The topological polar surface area (TPSA) is 26.7 Å². The number of likely N-dealkylation sites (N-methyl/N-ethyl adjacent to an activating group) is 2. The lowest BCUT2D eigenvalue weighted by Crippen LogP contribution is -2.42. The van der Waals surface area contributed by atoms with Gasteiger partial charge >= 0.3 is 0 Å². The Labute approximate surface area is 97.4 Å². The van der Waals surface area contributed by atoms with Crippen LogP contribution in [0.5, 0.6) is 0 Å². The van der Waals surface area contributed by atoms with Gasteiger partial charge in [0.2, 0.25) is 0 Å². The molecule has 0 bridgehead atoms. The molecular weight excluding hydrogens is 200 g/mol. The van der Waals surface area contributed by atoms with E-state index in [0.717, 1.165) is 19.8 Å². The number of hydrogen-bond donors (Lipinski definition) is 1. The molecule has 0 amide bonds. The van der Waals surface area contributed by atoms with Crippen molar-refractivity contribution in [2.45, 2.75) is 19.4 Å². The molecule has 0 saturated carbocycles. The monoisotopic (exact) mass is 220 g/mol. The first-order valence-corrected chi connectivity index (χ1v) is 5.79. The molecule has 0 spiro atoms. The third kappa shape index (κ3) is 2.20. The molecule has 3 heteroatoms. The Balaban J connectivity index is 2.37. The van der Waals surface area contributed by atoms with Crippen LogP contribution in [0.2, 0.25) is 0 Å². The van der Waals surface area contributed by atoms with Gasteiger partial charge in [-0.2, -0.15) is 0 Å². The summed E-state index contributed by atoms with van der Waals surface area (Å²) < 4.78 is 0. The fourth-order valence-corrected chi connectivity index (χ4v) is 2.33. The van der Waals surface area contributed by atoms with E-state index in [0.29, 0.717) is 0 Å². The maximum absolute atomic E-state index is 10.1. The smallest absolute Gasteiger partial charge is 0.0990 e. The van der Waals surface area contributed by atoms with Gasteiger partial charge in [0.25, 0.3) is 0 Å². The fraction of sp³-hybridized carbons (Fsp3) is 0.538. The standard InChI is InChI=1S/C13H20N2O/c1-4-15-10-14(3)9-11-8-13(2,16)7-5-6-12(11)15/h5-8,16H,4,9-10H2,1-3H3. The minimum absolute atomic E-state index is 0.828. The van der Waals surface area contributed by atoms with Crippen LogP contribution in [-0.2, 0) is 0 Å². The molecule has 2 aliphatic rings. The summed E-state index contributed by atoms with van der Waals surface area (Å²) in [7, 11) is 2.10. The molecule has 1 aliphatic heterocycles. The molecule has 3 nitrogen and oxygen atoms in total. The second-order valence-electron chi connectivity index (χ2n) is 4.82. The molecular formula is C13H20N2O. The van der Waals surface area contributed by atoms with Crippen LogP contribution >= 0.6 is 0 Å². The van der Waals surface area contributed by atoms with Crippen molar-refractivity contribution in [3.63, 3.8) is 0 Å². The van der Waals surface area contributed by atoms with E-state index >= 15 is 0 Å². The van der Waals surface area contributed by atoms with Crippen LogP contribution in [0.25, 0.3) is 0 Å². The van der Waals surface area contributed by atoms with Crippen molar-refractivity contribution in [1.29, 1.82) is 0 Å². The Kier molecular flexibility index (Phi) is 2.91. The minimum atomic E-state index is -0.828. The Morgan fingerprint density at radius 3 is 2.94 bits per heavy atom. The maximum Gasteiger partial charge on any atom is 0.0990 e. The zero-order chi connectivity index (χ0) is 11.8. The molecule has 1 heterocycles. The minimum Gasteiger partial charge on any atom is -0.382 e. The van der Waals surface area contributed by atoms with Crippen LogP contribution in [0.4, 0.5) is 0 Å². The average molecular weight is 220 g/mol. The van der Waals surface area contributed by atoms with Gasteiger partial charge in [-0.3, -0.25) is 4.90 Å². The van der Waals surface area contributed by atoms with Gasteiger partial charge < -0.3 is 10.0 Å². The van der Waals surface area contributed by atoms with Crippen LogP contribution < -0.4 is 0 Å². The van der Waals surface area contributed by atoms with Crippen LogP contribution in [0, 0.1) is 0 Å². The van der Waals surface area contributed by atoms with Gasteiger partial charge in [-0.1, -0.05) is 6.08 Å². The van der Waals surface area contributed by atoms with Gasteiger partial charge in [0.05, 0.1) is 12.3 Å². The summed E-state index contributed by atoms with van der Waals surface area (Å²) >= 11 is 0. The number of allylic oxidation sites excluding steroid dienone is 2. The zero-order valence-corrected chi connectivity index (χ0v) is 10.3. The Morgan fingerprint density at radius 1 is 1.50 bits per heavy atom. The van der Waals surface area contributed by atoms with Crippen molar-refractivity contribution in [1.82, 2.24) is 9.80 Å². The van der Waals surface area contributed by atoms with E-state index in [2.05, 4.69) is 29.8 Å². The molecule has 0 aromatic heterocycles. The van der Waals surface area contributed by atoms with Crippen LogP contribution in [0.1, 0.15) is 13.8 Å². The van der Waals surface area contributed by atoms with Gasteiger partial charge in [0, 0.05) is 18.8 Å². The third-order valence-electron chi connectivity index (χ3n) is 3.06. The number of nitrogens with zero attached hydrogens (tertiary/aromatic N) is 2. The lowest BCUT2D eigenvalue weighted by molar-refractivity contribution is 0.155. The first kappa shape index (κ1) is 11.4. The van der Waals surface area contributed by atoms with Crippen molar-refractivity contribution in [3.8, 4) is 0 Å². The summed E-state index contributed by atoms with van der Waals surface area (Å²) in [6, 6.07) is 0. The van der Waals surface area contributed by atoms with Gasteiger partial charge in [-0.05, 0) is 44.7 Å². The molecule has 2 rings (SSSR count). The number of fused-ring (bicyclic) bond motifs is 1. The van der Waals surface area contributed by atoms with E-state index < -0.39 is 5.60 Å². The average Bonchev–Trinajstić information content (AvgIpc) is 2.33. The highest BCUT2D eigenvalue weighted by Crippen LogP contribution is 2.27. The molecule has 1 fully saturated rings. The first-order valence-electron chi connectivity index (χ1n) is 5.79. The SMILES string of the molecule is CCN1CN(C)CC2=CC(C)(O)C=CC=C21. The second kappa shape index (κ2) is 4.07. The summed E-state index contributed by atoms with van der Waals surface area (Å²) in [5.41, 5.74) is 1.63. The summed E-state index contributed by atoms with van der Waals surface area (Å²) in [6.45, 7) is 6.82. The van der Waals surface area contributed by atoms with Crippen LogP contribution in [-0.4, -0.2) is 47.3 Å². The highest BCUT2D eigenvalue weighted by molar-refractivity contribution is 5.41. The van der Waals surface area contributed by atoms with Crippen LogP contribution in [0.3, 0.4) is 0 Å². The number of aliphatic hydroxyl groups is 1. The van der Waals surface area contributed by atoms with E-state index in [1.165, 1.54) is 11.3 Å². The molecule has 1 unspecified atom stereocenters. The number of rotatable bonds is 1. The molecule has 1 saturated heterocycles. The summed E-state index contributed by atoms with van der Waals surface area (Å²) in [5.74, 6) is 0. The number of hydrogen-bond acceptors (Lipinski definition) is 3. The molecule has 16 heavy (non-hydrogen) atoms. The normalized spacial score (nSPS) is 30.6. The van der Waals surface area contributed by atoms with Gasteiger partial charge in [0.1, 0.15) is 0 Å². The maximum atomic E-state index is 10.1. The Bertz CT molecular complexity index is 366. The molecule has 0 radical (unpaired) electrons. The quantitative estimate of drug-likeness (QED) is 0.722. The highest BCUT2D eigenvalue weighted by atomic mass is 16.3. The highest BCUT2D eigenvalue weighted by Gasteiger charge is 2.25. The predicted molar refractivity (Wildman–Crippen MR) is 65.8 cm³/mol. The second-order valence-corrected chi connectivity index (χ2v) is 4.82. The zero-order valence-electron chi connectivity index (χ0n) is 10.3. The van der Waals surface area contributed by atoms with E-state index in [4.69, 9.17) is 0 Å². The predicted octanol–water partition coefficient (Wildman–Crippen LogP) is 1.34. The van der Waals surface area contributed by atoms with Gasteiger partial charge in [0.15, 0.2) is 0 Å². The van der Waals surface area contributed by atoms with Gasteiger partial charge in [-0.25, -0.2) is 0 Å². The van der Waals surface area contributed by atoms with E-state index in [1.807, 2.05) is 25.2 Å². The molecule has 1 atom stereocenters. The summed E-state index contributed by atoms with van der Waals surface area (Å²) in [4.78, 5) is 4.58. The van der Waals surface area contributed by atoms with Crippen LogP contribution in [0.15, 0.2) is 35.6 Å². The van der Waals surface area contributed by atoms with Crippen molar-refractivity contribution in [2.75, 3.05) is 26.8 Å². The fourth-order valence-electron chi connectivity index (χ4n) is 2.33. The largest absolute Gasteiger partial charge is 0.382 e. The third-order valence-corrected chi connectivity index (χ3v) is 3.06. The lowest BCUT2D eigenvalue weighted by Gasteiger charge is -2.38. The molecule has 88 valence electrons. The van der Waals surface area contributed by atoms with Crippen molar-refractivity contribution in [3.05, 3.63) is 35.6 Å². The lowest BCUT2D eigenvalue weighted by atomic mass is 10.0. The Hall–Kier alpha value is -1.06. The Morgan fingerprint density at radius 2 is 2.25 bits per heavy atom. The van der Waals surface area contributed by atoms with E-state index in [-0.39, 0.29) is 0 Å².